The Kier molecular flexibility index (Phi) is 57.2. The van der Waals surface area contributed by atoms with E-state index in [-0.39, 0.29) is 13.2 Å². The molecule has 0 spiro atoms. The van der Waals surface area contributed by atoms with E-state index in [0.717, 1.165) is 38.9 Å². The second-order valence-electron chi connectivity index (χ2n) is 18.8. The second-order valence-corrected chi connectivity index (χ2v) is 24.7. The van der Waals surface area contributed by atoms with Gasteiger partial charge in [0.2, 0.25) is 0 Å². The molecule has 0 aliphatic rings. The smallest absolute Gasteiger partial charge is 0.379 e. The number of phosphoric acid groups is 1. The van der Waals surface area contributed by atoms with Crippen LogP contribution in [0.1, 0.15) is 273 Å². The Morgan fingerprint density at radius 3 is 0.794 bits per heavy atom. The molecule has 0 heterocycles. The average Bonchev–Trinajstić information content (AvgIpc) is 3.28. The first-order valence-electron chi connectivity index (χ1n) is 28.1. The fourth-order valence-electron chi connectivity index (χ4n) is 8.24. The highest BCUT2D eigenvalue weighted by atomic mass is 31.2. The van der Waals surface area contributed by atoms with Crippen LogP contribution in [0.4, 0.5) is 0 Å². The molecule has 0 aromatic rings. The van der Waals surface area contributed by atoms with Crippen molar-refractivity contribution in [3.8, 4) is 0 Å². The summed E-state index contributed by atoms with van der Waals surface area (Å²) < 4.78 is 37.5. The lowest BCUT2D eigenvalue weighted by Crippen LogP contribution is -2.17. The number of phosphoric ester groups is 1. The number of hydrogen-bond acceptors (Lipinski definition) is 6. The molecule has 0 aromatic carbocycles. The van der Waals surface area contributed by atoms with Crippen LogP contribution in [0.15, 0.2) is 0 Å². The summed E-state index contributed by atoms with van der Waals surface area (Å²) in [6.45, 7) is 17.4. The van der Waals surface area contributed by atoms with Gasteiger partial charge in [0.15, 0.2) is 0 Å². The van der Waals surface area contributed by atoms with Gasteiger partial charge in [0, 0.05) is 27.1 Å². The minimum atomic E-state index is -3.96. The van der Waals surface area contributed by atoms with E-state index in [2.05, 4.69) is 41.5 Å². The Hall–Kier alpha value is 0.420. The van der Waals surface area contributed by atoms with Crippen molar-refractivity contribution < 1.29 is 32.7 Å². The normalized spacial score (nSPS) is 12.0. The van der Waals surface area contributed by atoms with Gasteiger partial charge >= 0.3 is 7.82 Å². The largest absolute Gasteiger partial charge is 0.472 e. The zero-order valence-electron chi connectivity index (χ0n) is 43.7. The van der Waals surface area contributed by atoms with Crippen molar-refractivity contribution in [1.82, 2.24) is 0 Å². The van der Waals surface area contributed by atoms with Crippen LogP contribution in [-0.4, -0.2) is 82.4 Å². The molecule has 0 rings (SSSR count). The summed E-state index contributed by atoms with van der Waals surface area (Å²) in [4.78, 5) is 9.32. The fourth-order valence-corrected chi connectivity index (χ4v) is 13.5. The van der Waals surface area contributed by atoms with Crippen LogP contribution in [0.25, 0.3) is 0 Å². The predicted octanol–water partition coefficient (Wildman–Crippen LogP) is 18.3. The van der Waals surface area contributed by atoms with Crippen LogP contribution in [0.2, 0.25) is 0 Å². The molecule has 0 fully saturated rings. The third kappa shape index (κ3) is 53.2. The number of ether oxygens (including phenoxy) is 3. The summed E-state index contributed by atoms with van der Waals surface area (Å²) in [6, 6.07) is 0. The van der Waals surface area contributed by atoms with Gasteiger partial charge in [0.1, 0.15) is 0 Å². The summed E-state index contributed by atoms with van der Waals surface area (Å²) in [6.07, 6.45) is 56.7. The van der Waals surface area contributed by atoms with E-state index in [1.807, 2.05) is 0 Å². The van der Waals surface area contributed by atoms with Crippen molar-refractivity contribution in [2.75, 3.05) is 77.5 Å². The predicted molar refractivity (Wildman–Crippen MR) is 281 cm³/mol. The standard InChI is InChI=1S/C42H88OP.C12H27O6P/c1-5-9-13-16-19-22-25-28-31-34-39-44(42-38-43-37-12-8-4,40-35-32-29-26-23-20-17-14-10-6-2)41-36-33-30-27-24-21-18-15-11-7-3;1-3-5-7-15-9-11-17-19(13,14)18-12-10-16-8-6-4-2/h5-42H2,1-4H3;3-12H2,1-2H3,(H,13,14)/q+1;. The molecule has 0 amide bonds. The van der Waals surface area contributed by atoms with Gasteiger partial charge in [-0.2, -0.15) is 0 Å². The highest BCUT2D eigenvalue weighted by Gasteiger charge is 2.35. The summed E-state index contributed by atoms with van der Waals surface area (Å²) in [5, 5.41) is 0. The molecule has 382 valence electrons. The maximum atomic E-state index is 11.4. The molecule has 7 nitrogen and oxygen atoms in total. The monoisotopic (exact) mass is 938 g/mol. The zero-order chi connectivity index (χ0) is 46.5. The molecule has 0 radical (unpaired) electrons. The van der Waals surface area contributed by atoms with E-state index in [4.69, 9.17) is 23.3 Å². The number of hydrogen-bond donors (Lipinski definition) is 1. The molecule has 0 unspecified atom stereocenters. The van der Waals surface area contributed by atoms with Gasteiger partial charge < -0.3 is 19.1 Å². The number of unbranched alkanes of at least 4 members (excludes halogenated alkanes) is 30. The van der Waals surface area contributed by atoms with Gasteiger partial charge in [-0.05, 0) is 57.8 Å². The Labute approximate surface area is 396 Å². The molecular formula is C54H115O7P2+. The molecule has 63 heavy (non-hydrogen) atoms. The molecule has 9 heteroatoms. The van der Waals surface area contributed by atoms with E-state index < -0.39 is 15.1 Å². The van der Waals surface area contributed by atoms with E-state index in [9.17, 15) is 9.46 Å². The molecule has 0 aliphatic heterocycles. The van der Waals surface area contributed by atoms with Crippen molar-refractivity contribution in [3.05, 3.63) is 0 Å². The van der Waals surface area contributed by atoms with Crippen LogP contribution in [0.5, 0.6) is 0 Å². The zero-order valence-corrected chi connectivity index (χ0v) is 45.5. The maximum absolute atomic E-state index is 11.4. The molecule has 0 atom stereocenters. The Morgan fingerprint density at radius 1 is 0.286 bits per heavy atom. The van der Waals surface area contributed by atoms with Gasteiger partial charge in [-0.15, -0.1) is 0 Å². The van der Waals surface area contributed by atoms with Gasteiger partial charge in [-0.1, -0.05) is 215 Å². The Balaban J connectivity index is 0. The first-order valence-corrected chi connectivity index (χ1v) is 32.1. The minimum absolute atomic E-state index is 0.0498. The Morgan fingerprint density at radius 2 is 0.524 bits per heavy atom. The molecule has 0 saturated carbocycles. The van der Waals surface area contributed by atoms with Gasteiger partial charge in [-0.3, -0.25) is 9.05 Å². The third-order valence-electron chi connectivity index (χ3n) is 12.6. The first kappa shape index (κ1) is 65.5. The minimum Gasteiger partial charge on any atom is -0.379 e. The van der Waals surface area contributed by atoms with Crippen molar-refractivity contribution in [3.63, 3.8) is 0 Å². The molecule has 0 aliphatic carbocycles. The lowest BCUT2D eigenvalue weighted by Gasteiger charge is -2.28. The van der Waals surface area contributed by atoms with E-state index in [0.29, 0.717) is 26.4 Å². The Bertz CT molecular complexity index is 799. The highest BCUT2D eigenvalue weighted by Crippen LogP contribution is 2.60. The summed E-state index contributed by atoms with van der Waals surface area (Å²) in [7, 11) is -4.86. The van der Waals surface area contributed by atoms with Crippen LogP contribution < -0.4 is 0 Å². The lowest BCUT2D eigenvalue weighted by atomic mass is 10.1. The van der Waals surface area contributed by atoms with E-state index >= 15 is 0 Å². The summed E-state index contributed by atoms with van der Waals surface area (Å²) in [5.41, 5.74) is 0. The van der Waals surface area contributed by atoms with Crippen LogP contribution >= 0.6 is 15.1 Å². The van der Waals surface area contributed by atoms with Gasteiger partial charge in [0.25, 0.3) is 0 Å². The van der Waals surface area contributed by atoms with E-state index in [1.165, 1.54) is 212 Å². The SMILES string of the molecule is CCCCCCCCCCCC[P+](CCCCCCCCCCCC)(CCCCCCCCCCCC)CCOCCCC.CCCCOCCOP(=O)(O)OCCOCCCC. The molecular weight excluding hydrogens is 823 g/mol. The lowest BCUT2D eigenvalue weighted by molar-refractivity contribution is 0.0569. The average molecular weight is 938 g/mol. The molecule has 0 aromatic heterocycles. The quantitative estimate of drug-likeness (QED) is 0.0480. The topological polar surface area (TPSA) is 83.5 Å². The van der Waals surface area contributed by atoms with Crippen LogP contribution in [-0.2, 0) is 27.8 Å². The summed E-state index contributed by atoms with van der Waals surface area (Å²) in [5.74, 6) is 0. The van der Waals surface area contributed by atoms with E-state index in [1.54, 1.807) is 18.5 Å². The van der Waals surface area contributed by atoms with Gasteiger partial charge in [-0.25, -0.2) is 4.57 Å². The highest BCUT2D eigenvalue weighted by molar-refractivity contribution is 7.75. The number of rotatable bonds is 53. The van der Waals surface area contributed by atoms with Gasteiger partial charge in [0.05, 0.1) is 57.7 Å². The fraction of sp³-hybridized carbons (Fsp3) is 1.00. The van der Waals surface area contributed by atoms with Crippen molar-refractivity contribution >= 4 is 15.1 Å². The molecule has 0 bridgehead atoms. The van der Waals surface area contributed by atoms with Crippen molar-refractivity contribution in [2.24, 2.45) is 0 Å². The maximum Gasteiger partial charge on any atom is 0.472 e. The molecule has 1 N–H and O–H groups in total. The second kappa shape index (κ2) is 55.0. The third-order valence-corrected chi connectivity index (χ3v) is 18.5. The van der Waals surface area contributed by atoms with Crippen molar-refractivity contribution in [2.45, 2.75) is 273 Å². The summed E-state index contributed by atoms with van der Waals surface area (Å²) >= 11 is 0. The van der Waals surface area contributed by atoms with Crippen LogP contribution in [0.3, 0.4) is 0 Å². The first-order chi connectivity index (χ1) is 30.9. The van der Waals surface area contributed by atoms with Crippen molar-refractivity contribution in [1.29, 1.82) is 0 Å². The van der Waals surface area contributed by atoms with Crippen LogP contribution in [0, 0.1) is 0 Å². The molecule has 0 saturated heterocycles.